The minimum Gasteiger partial charge on any atom is -0.481 e. The smallest absolute Gasteiger partial charge is 0.307 e. The van der Waals surface area contributed by atoms with Crippen LogP contribution >= 0.6 is 11.8 Å². The fourth-order valence-corrected chi connectivity index (χ4v) is 3.50. The number of amides is 1. The molecule has 0 heterocycles. The van der Waals surface area contributed by atoms with Crippen LogP contribution in [0.4, 0.5) is 0 Å². The van der Waals surface area contributed by atoms with Gasteiger partial charge in [0.1, 0.15) is 0 Å². The van der Waals surface area contributed by atoms with Crippen molar-refractivity contribution in [2.24, 2.45) is 17.3 Å². The van der Waals surface area contributed by atoms with Gasteiger partial charge in [0, 0.05) is 18.8 Å². The third-order valence-corrected chi connectivity index (χ3v) is 4.80. The molecule has 1 fully saturated rings. The molecule has 1 rings (SSSR count). The third-order valence-electron chi connectivity index (χ3n) is 4.09. The lowest BCUT2D eigenvalue weighted by molar-refractivity contribution is -0.142. The van der Waals surface area contributed by atoms with Gasteiger partial charge in [-0.1, -0.05) is 20.8 Å². The molecule has 0 aromatic rings. The van der Waals surface area contributed by atoms with E-state index in [1.807, 2.05) is 20.1 Å². The molecule has 0 radical (unpaired) electrons. The first kappa shape index (κ1) is 15.3. The Morgan fingerprint density at radius 1 is 1.39 bits per heavy atom. The molecule has 0 saturated heterocycles. The summed E-state index contributed by atoms with van der Waals surface area (Å²) in [6, 6.07) is 0.193. The molecule has 5 heteroatoms. The summed E-state index contributed by atoms with van der Waals surface area (Å²) in [4.78, 5) is 25.2. The molecular weight excluding hydrogens is 250 g/mol. The van der Waals surface area contributed by atoms with Crippen LogP contribution in [0.2, 0.25) is 0 Å². The molecule has 0 aromatic carbocycles. The Balaban J connectivity index is 2.74. The number of aliphatic carboxylic acids is 1. The number of rotatable bonds is 6. The number of hydrogen-bond donors (Lipinski definition) is 1. The van der Waals surface area contributed by atoms with Crippen LogP contribution in [0.15, 0.2) is 0 Å². The van der Waals surface area contributed by atoms with Gasteiger partial charge < -0.3 is 10.0 Å². The second kappa shape index (κ2) is 5.51. The predicted octanol–water partition coefficient (Wildman–Crippen LogP) is 1.94. The van der Waals surface area contributed by atoms with Gasteiger partial charge in [0.25, 0.3) is 0 Å². The standard InChI is InChI=1S/C13H23NO3S/c1-6-8(7-18-5)14(4)11(15)9-10(12(16)17)13(9,2)3/h8-10H,6-7H2,1-5H3,(H,16,17). The maximum absolute atomic E-state index is 12.4. The van der Waals surface area contributed by atoms with E-state index in [1.54, 1.807) is 23.7 Å². The lowest BCUT2D eigenvalue weighted by Gasteiger charge is -2.27. The molecule has 18 heavy (non-hydrogen) atoms. The molecule has 0 aliphatic heterocycles. The highest BCUT2D eigenvalue weighted by Crippen LogP contribution is 2.59. The van der Waals surface area contributed by atoms with E-state index in [-0.39, 0.29) is 17.9 Å². The van der Waals surface area contributed by atoms with E-state index in [0.29, 0.717) is 0 Å². The average Bonchev–Trinajstić information content (AvgIpc) is 2.87. The van der Waals surface area contributed by atoms with Crippen molar-refractivity contribution in [1.29, 1.82) is 0 Å². The normalized spacial score (nSPS) is 26.5. The Morgan fingerprint density at radius 3 is 2.28 bits per heavy atom. The zero-order chi connectivity index (χ0) is 14.1. The molecular formula is C13H23NO3S. The van der Waals surface area contributed by atoms with Crippen LogP contribution in [-0.2, 0) is 9.59 Å². The fraction of sp³-hybridized carbons (Fsp3) is 0.846. The van der Waals surface area contributed by atoms with Crippen molar-refractivity contribution < 1.29 is 14.7 Å². The number of hydrogen-bond acceptors (Lipinski definition) is 3. The molecule has 1 N–H and O–H groups in total. The number of carbonyl (C=O) groups is 2. The highest BCUT2D eigenvalue weighted by atomic mass is 32.2. The fourth-order valence-electron chi connectivity index (χ4n) is 2.65. The van der Waals surface area contributed by atoms with Crippen molar-refractivity contribution in [1.82, 2.24) is 4.90 Å². The van der Waals surface area contributed by atoms with Gasteiger partial charge in [0.05, 0.1) is 11.8 Å². The Hall–Kier alpha value is -0.710. The number of thioether (sulfide) groups is 1. The molecule has 104 valence electrons. The summed E-state index contributed by atoms with van der Waals surface area (Å²) in [6.45, 7) is 5.77. The van der Waals surface area contributed by atoms with Crippen LogP contribution in [0.1, 0.15) is 27.2 Å². The van der Waals surface area contributed by atoms with Gasteiger partial charge in [-0.05, 0) is 18.1 Å². The van der Waals surface area contributed by atoms with E-state index in [0.717, 1.165) is 12.2 Å². The lowest BCUT2D eigenvalue weighted by atomic mass is 10.1. The van der Waals surface area contributed by atoms with E-state index < -0.39 is 17.3 Å². The van der Waals surface area contributed by atoms with Gasteiger partial charge in [-0.25, -0.2) is 0 Å². The van der Waals surface area contributed by atoms with E-state index in [1.165, 1.54) is 0 Å². The SMILES string of the molecule is CCC(CSC)N(C)C(=O)C1C(C(=O)O)C1(C)C. The van der Waals surface area contributed by atoms with Crippen molar-refractivity contribution >= 4 is 23.6 Å². The van der Waals surface area contributed by atoms with Crippen molar-refractivity contribution in [3.05, 3.63) is 0 Å². The van der Waals surface area contributed by atoms with Crippen LogP contribution in [-0.4, -0.2) is 47.0 Å². The minimum absolute atomic E-state index is 0.0201. The summed E-state index contributed by atoms with van der Waals surface area (Å²) in [7, 11) is 1.79. The molecule has 1 aliphatic carbocycles. The highest BCUT2D eigenvalue weighted by Gasteiger charge is 2.66. The van der Waals surface area contributed by atoms with E-state index in [4.69, 9.17) is 5.11 Å². The van der Waals surface area contributed by atoms with Crippen molar-refractivity contribution in [2.75, 3.05) is 19.1 Å². The summed E-state index contributed by atoms with van der Waals surface area (Å²) in [5.41, 5.74) is -0.408. The van der Waals surface area contributed by atoms with Crippen LogP contribution in [0.3, 0.4) is 0 Å². The number of nitrogens with zero attached hydrogens (tertiary/aromatic N) is 1. The summed E-state index contributed by atoms with van der Waals surface area (Å²) in [6.07, 6.45) is 2.91. The zero-order valence-electron chi connectivity index (χ0n) is 11.8. The average molecular weight is 273 g/mol. The van der Waals surface area contributed by atoms with Gasteiger partial charge in [-0.3, -0.25) is 9.59 Å². The zero-order valence-corrected chi connectivity index (χ0v) is 12.6. The van der Waals surface area contributed by atoms with E-state index >= 15 is 0 Å². The van der Waals surface area contributed by atoms with Gasteiger partial charge in [0.2, 0.25) is 5.91 Å². The first-order valence-corrected chi connectivity index (χ1v) is 7.66. The molecule has 1 aliphatic rings. The molecule has 0 aromatic heterocycles. The highest BCUT2D eigenvalue weighted by molar-refractivity contribution is 7.98. The molecule has 3 unspecified atom stereocenters. The number of carbonyl (C=O) groups excluding carboxylic acids is 1. The van der Waals surface area contributed by atoms with Gasteiger partial charge in [-0.2, -0.15) is 11.8 Å². The van der Waals surface area contributed by atoms with Crippen molar-refractivity contribution in [3.8, 4) is 0 Å². The molecule has 1 amide bonds. The Bertz CT molecular complexity index is 343. The Kier molecular flexibility index (Phi) is 4.70. The molecule has 4 nitrogen and oxygen atoms in total. The first-order valence-electron chi connectivity index (χ1n) is 6.27. The first-order chi connectivity index (χ1) is 8.28. The summed E-state index contributed by atoms with van der Waals surface area (Å²) >= 11 is 1.71. The minimum atomic E-state index is -0.857. The predicted molar refractivity (Wildman–Crippen MR) is 73.6 cm³/mol. The second-order valence-electron chi connectivity index (χ2n) is 5.58. The summed E-state index contributed by atoms with van der Waals surface area (Å²) < 4.78 is 0. The quantitative estimate of drug-likeness (QED) is 0.803. The van der Waals surface area contributed by atoms with Gasteiger partial charge >= 0.3 is 5.97 Å². The van der Waals surface area contributed by atoms with Crippen LogP contribution in [0, 0.1) is 17.3 Å². The maximum atomic E-state index is 12.4. The summed E-state index contributed by atoms with van der Waals surface area (Å²) in [5.74, 6) is -0.878. The molecule has 0 spiro atoms. The van der Waals surface area contributed by atoms with Gasteiger partial charge in [0.15, 0.2) is 0 Å². The van der Waals surface area contributed by atoms with E-state index in [9.17, 15) is 9.59 Å². The Morgan fingerprint density at radius 2 is 1.94 bits per heavy atom. The topological polar surface area (TPSA) is 57.6 Å². The third kappa shape index (κ3) is 2.66. The van der Waals surface area contributed by atoms with E-state index in [2.05, 4.69) is 6.92 Å². The molecule has 1 saturated carbocycles. The number of carboxylic acid groups (broad SMARTS) is 1. The Labute approximate surface area is 113 Å². The largest absolute Gasteiger partial charge is 0.481 e. The van der Waals surface area contributed by atoms with Crippen LogP contribution in [0.5, 0.6) is 0 Å². The summed E-state index contributed by atoms with van der Waals surface area (Å²) in [5, 5.41) is 9.11. The molecule has 0 bridgehead atoms. The number of carboxylic acids is 1. The van der Waals surface area contributed by atoms with Crippen molar-refractivity contribution in [3.63, 3.8) is 0 Å². The molecule has 3 atom stereocenters. The maximum Gasteiger partial charge on any atom is 0.307 e. The van der Waals surface area contributed by atoms with Crippen LogP contribution in [0.25, 0.3) is 0 Å². The lowest BCUT2D eigenvalue weighted by Crippen LogP contribution is -2.40. The monoisotopic (exact) mass is 273 g/mol. The second-order valence-corrected chi connectivity index (χ2v) is 6.49. The van der Waals surface area contributed by atoms with Gasteiger partial charge in [-0.15, -0.1) is 0 Å². The van der Waals surface area contributed by atoms with Crippen molar-refractivity contribution in [2.45, 2.75) is 33.2 Å². The van der Waals surface area contributed by atoms with Crippen LogP contribution < -0.4 is 0 Å².